The lowest BCUT2D eigenvalue weighted by molar-refractivity contribution is -0.163. The van der Waals surface area contributed by atoms with E-state index in [0.29, 0.717) is 13.0 Å². The Labute approximate surface area is 195 Å². The van der Waals surface area contributed by atoms with Crippen molar-refractivity contribution >= 4 is 0 Å². The van der Waals surface area contributed by atoms with Crippen LogP contribution in [0.5, 0.6) is 0 Å². The molecule has 5 rings (SSSR count). The normalized spacial score (nSPS) is 26.0. The molecule has 4 nitrogen and oxygen atoms in total. The number of nitrogens with zero attached hydrogens (tertiary/aromatic N) is 1. The predicted molar refractivity (Wildman–Crippen MR) is 126 cm³/mol. The monoisotopic (exact) mass is 439 g/mol. The molecule has 4 atom stereocenters. The first-order valence-electron chi connectivity index (χ1n) is 11.6. The van der Waals surface area contributed by atoms with Crippen LogP contribution in [-0.2, 0) is 19.8 Å². The van der Waals surface area contributed by atoms with Crippen LogP contribution in [0.4, 0.5) is 0 Å². The second-order valence-electron chi connectivity index (χ2n) is 9.36. The number of fused-ring (bicyclic) bond motifs is 1. The van der Waals surface area contributed by atoms with Crippen molar-refractivity contribution in [3.63, 3.8) is 0 Å². The van der Waals surface area contributed by atoms with Gasteiger partial charge in [-0.1, -0.05) is 91.0 Å². The van der Waals surface area contributed by atoms with Gasteiger partial charge in [0.15, 0.2) is 5.79 Å². The summed E-state index contributed by atoms with van der Waals surface area (Å²) >= 11 is 0. The minimum Gasteiger partial charge on any atom is -0.360 e. The van der Waals surface area contributed by atoms with Gasteiger partial charge in [-0.2, -0.15) is 5.26 Å². The second-order valence-corrected chi connectivity index (χ2v) is 9.36. The van der Waals surface area contributed by atoms with E-state index in [0.717, 1.165) is 16.7 Å². The molecule has 0 N–H and O–H groups in total. The number of hydrogen-bond acceptors (Lipinski definition) is 4. The van der Waals surface area contributed by atoms with Gasteiger partial charge in [0, 0.05) is 5.92 Å². The highest BCUT2D eigenvalue weighted by molar-refractivity contribution is 5.47. The minimum atomic E-state index is -0.809. The molecule has 1 saturated heterocycles. The standard InChI is InChI=1S/C29H29NO3/c1-28(2)32-26-18-21(19-30)25(27(26)33-28)20-31-29(22-12-6-3-7-13-22,23-14-8-4-9-15-23)24-16-10-5-11-17-24/h3-17,21,25-27H,18,20H2,1-2H3/t21-,25+,26+,27-/m1/s1. The van der Waals surface area contributed by atoms with Crippen molar-refractivity contribution in [3.05, 3.63) is 108 Å². The third-order valence-corrected chi connectivity index (χ3v) is 6.85. The van der Waals surface area contributed by atoms with Gasteiger partial charge >= 0.3 is 0 Å². The smallest absolute Gasteiger partial charge is 0.163 e. The van der Waals surface area contributed by atoms with Gasteiger partial charge in [-0.05, 0) is 37.0 Å². The largest absolute Gasteiger partial charge is 0.360 e. The Morgan fingerprint density at radius 3 is 1.79 bits per heavy atom. The second kappa shape index (κ2) is 8.76. The summed E-state index contributed by atoms with van der Waals surface area (Å²) in [6, 6.07) is 33.4. The van der Waals surface area contributed by atoms with E-state index in [4.69, 9.17) is 14.2 Å². The lowest BCUT2D eigenvalue weighted by Gasteiger charge is -2.37. The first-order chi connectivity index (χ1) is 16.0. The molecule has 168 valence electrons. The molecule has 1 heterocycles. The van der Waals surface area contributed by atoms with Crippen LogP contribution in [0.2, 0.25) is 0 Å². The summed E-state index contributed by atoms with van der Waals surface area (Å²) in [6.45, 7) is 4.26. The number of ether oxygens (including phenoxy) is 3. The molecule has 33 heavy (non-hydrogen) atoms. The van der Waals surface area contributed by atoms with Crippen molar-refractivity contribution in [3.8, 4) is 6.07 Å². The van der Waals surface area contributed by atoms with Gasteiger partial charge in [-0.15, -0.1) is 0 Å². The van der Waals surface area contributed by atoms with Crippen LogP contribution in [0.25, 0.3) is 0 Å². The van der Waals surface area contributed by atoms with Gasteiger partial charge in [0.05, 0.1) is 30.8 Å². The molecule has 1 aliphatic heterocycles. The molecule has 4 heteroatoms. The first-order valence-corrected chi connectivity index (χ1v) is 11.6. The van der Waals surface area contributed by atoms with Crippen LogP contribution < -0.4 is 0 Å². The van der Waals surface area contributed by atoms with Crippen molar-refractivity contribution in [1.82, 2.24) is 0 Å². The van der Waals surface area contributed by atoms with Gasteiger partial charge in [0.25, 0.3) is 0 Å². The van der Waals surface area contributed by atoms with Crippen molar-refractivity contribution < 1.29 is 14.2 Å². The summed E-state index contributed by atoms with van der Waals surface area (Å²) in [5.41, 5.74) is 2.34. The summed E-state index contributed by atoms with van der Waals surface area (Å²) in [6.07, 6.45) is 0.454. The highest BCUT2D eigenvalue weighted by atomic mass is 16.8. The van der Waals surface area contributed by atoms with Crippen molar-refractivity contribution in [2.45, 2.75) is 43.9 Å². The van der Waals surface area contributed by atoms with Crippen molar-refractivity contribution in [1.29, 1.82) is 5.26 Å². The minimum absolute atomic E-state index is 0.0715. The molecule has 0 aromatic heterocycles. The van der Waals surface area contributed by atoms with Crippen LogP contribution >= 0.6 is 0 Å². The molecule has 0 radical (unpaired) electrons. The number of rotatable bonds is 6. The fourth-order valence-electron chi connectivity index (χ4n) is 5.41. The topological polar surface area (TPSA) is 51.5 Å². The molecule has 0 bridgehead atoms. The van der Waals surface area contributed by atoms with E-state index in [1.807, 2.05) is 68.4 Å². The molecule has 3 aromatic carbocycles. The Morgan fingerprint density at radius 2 is 1.33 bits per heavy atom. The average molecular weight is 440 g/mol. The summed E-state index contributed by atoms with van der Waals surface area (Å²) in [5, 5.41) is 9.89. The molecular weight excluding hydrogens is 410 g/mol. The Hall–Kier alpha value is -2.97. The number of hydrogen-bond donors (Lipinski definition) is 0. The van der Waals surface area contributed by atoms with Gasteiger partial charge in [0.2, 0.25) is 0 Å². The maximum atomic E-state index is 9.89. The molecule has 1 saturated carbocycles. The van der Waals surface area contributed by atoms with Gasteiger partial charge in [0.1, 0.15) is 5.60 Å². The zero-order valence-electron chi connectivity index (χ0n) is 19.1. The highest BCUT2D eigenvalue weighted by Gasteiger charge is 2.54. The Balaban J connectivity index is 1.58. The van der Waals surface area contributed by atoms with Crippen LogP contribution in [0.15, 0.2) is 91.0 Å². The molecule has 2 fully saturated rings. The fourth-order valence-corrected chi connectivity index (χ4v) is 5.41. The fraction of sp³-hybridized carbons (Fsp3) is 0.345. The van der Waals surface area contributed by atoms with Crippen molar-refractivity contribution in [2.75, 3.05) is 6.61 Å². The zero-order valence-corrected chi connectivity index (χ0v) is 19.1. The number of nitriles is 1. The van der Waals surface area contributed by atoms with Crippen LogP contribution in [0.3, 0.4) is 0 Å². The Morgan fingerprint density at radius 1 is 0.848 bits per heavy atom. The van der Waals surface area contributed by atoms with Gasteiger partial charge in [-0.3, -0.25) is 0 Å². The van der Waals surface area contributed by atoms with Crippen LogP contribution in [0.1, 0.15) is 37.0 Å². The summed E-state index contributed by atoms with van der Waals surface area (Å²) in [7, 11) is 0. The highest BCUT2D eigenvalue weighted by Crippen LogP contribution is 2.47. The van der Waals surface area contributed by atoms with E-state index in [9.17, 15) is 5.26 Å². The predicted octanol–water partition coefficient (Wildman–Crippen LogP) is 5.67. The maximum Gasteiger partial charge on any atom is 0.163 e. The third kappa shape index (κ3) is 3.98. The molecule has 3 aromatic rings. The summed E-state index contributed by atoms with van der Waals surface area (Å²) < 4.78 is 19.3. The van der Waals surface area contributed by atoms with Crippen LogP contribution in [0, 0.1) is 23.2 Å². The SMILES string of the molecule is CC1(C)O[C@@H]2[C@@H](COC(c3ccccc3)(c3ccccc3)c3ccccc3)[C@@H](C#N)C[C@@H]2O1. The molecule has 0 amide bonds. The average Bonchev–Trinajstić information content (AvgIpc) is 3.33. The molecular formula is C29H29NO3. The van der Waals surface area contributed by atoms with E-state index in [1.165, 1.54) is 0 Å². The maximum absolute atomic E-state index is 9.89. The molecule has 0 unspecified atom stereocenters. The van der Waals surface area contributed by atoms with E-state index < -0.39 is 11.4 Å². The lowest BCUT2D eigenvalue weighted by Crippen LogP contribution is -2.38. The van der Waals surface area contributed by atoms with Gasteiger partial charge in [-0.25, -0.2) is 0 Å². The summed E-state index contributed by atoms with van der Waals surface area (Å²) in [5.74, 6) is -0.878. The van der Waals surface area contributed by atoms with Crippen molar-refractivity contribution in [2.24, 2.45) is 11.8 Å². The Bertz CT molecular complexity index is 1010. The molecule has 2 aliphatic rings. The Kier molecular flexibility index (Phi) is 5.80. The van der Waals surface area contributed by atoms with E-state index in [2.05, 4.69) is 42.5 Å². The molecule has 1 aliphatic carbocycles. The van der Waals surface area contributed by atoms with Crippen LogP contribution in [-0.4, -0.2) is 24.6 Å². The third-order valence-electron chi connectivity index (χ3n) is 6.85. The van der Waals surface area contributed by atoms with E-state index >= 15 is 0 Å². The zero-order chi connectivity index (χ0) is 22.9. The first kappa shape index (κ1) is 21.9. The van der Waals surface area contributed by atoms with Gasteiger partial charge < -0.3 is 14.2 Å². The molecule has 0 spiro atoms. The van der Waals surface area contributed by atoms with E-state index in [1.54, 1.807) is 0 Å². The lowest BCUT2D eigenvalue weighted by atomic mass is 9.80. The quantitative estimate of drug-likeness (QED) is 0.464. The summed E-state index contributed by atoms with van der Waals surface area (Å²) in [4.78, 5) is 0. The number of benzene rings is 3. The van der Waals surface area contributed by atoms with E-state index in [-0.39, 0.29) is 24.0 Å².